The van der Waals surface area contributed by atoms with Crippen LogP contribution in [0.25, 0.3) is 0 Å². The van der Waals surface area contributed by atoms with Crippen LogP contribution in [0.3, 0.4) is 0 Å². The number of nitro groups is 1. The van der Waals surface area contributed by atoms with Gasteiger partial charge in [-0.1, -0.05) is 13.8 Å². The van der Waals surface area contributed by atoms with E-state index >= 15 is 0 Å². The van der Waals surface area contributed by atoms with E-state index in [1.807, 2.05) is 6.92 Å². The Kier molecular flexibility index (Phi) is 5.48. The predicted molar refractivity (Wildman–Crippen MR) is 73.8 cm³/mol. The summed E-state index contributed by atoms with van der Waals surface area (Å²) >= 11 is 0. The number of rotatable bonds is 8. The van der Waals surface area contributed by atoms with Crippen LogP contribution in [0.2, 0.25) is 0 Å². The van der Waals surface area contributed by atoms with Gasteiger partial charge >= 0.3 is 11.7 Å². The fourth-order valence-electron chi connectivity index (χ4n) is 1.98. The van der Waals surface area contributed by atoms with Crippen molar-refractivity contribution >= 4 is 17.5 Å². The molecule has 1 atom stereocenters. The molecule has 1 unspecified atom stereocenters. The van der Waals surface area contributed by atoms with Crippen LogP contribution in [0.5, 0.6) is 0 Å². The molecule has 2 N–H and O–H groups in total. The molecule has 0 aliphatic carbocycles. The second kappa shape index (κ2) is 6.88. The van der Waals surface area contributed by atoms with Gasteiger partial charge in [-0.3, -0.25) is 14.9 Å². The Morgan fingerprint density at radius 1 is 1.60 bits per heavy atom. The predicted octanol–water partition coefficient (Wildman–Crippen LogP) is 2.03. The third kappa shape index (κ3) is 3.94. The Morgan fingerprint density at radius 3 is 2.75 bits per heavy atom. The molecule has 0 fully saturated rings. The first-order valence-corrected chi connectivity index (χ1v) is 6.54. The molecule has 20 heavy (non-hydrogen) atoms. The first-order chi connectivity index (χ1) is 9.36. The molecule has 0 saturated carbocycles. The van der Waals surface area contributed by atoms with Gasteiger partial charge in [-0.05, 0) is 19.3 Å². The lowest BCUT2D eigenvalue weighted by molar-refractivity contribution is -0.384. The zero-order valence-electron chi connectivity index (χ0n) is 11.9. The molecule has 1 heterocycles. The zero-order chi connectivity index (χ0) is 15.3. The molecule has 1 rings (SSSR count). The molecule has 0 aliphatic rings. The number of hydrogen-bond acceptors (Lipinski definition) is 5. The van der Waals surface area contributed by atoms with Crippen LogP contribution >= 0.6 is 0 Å². The second-order valence-electron chi connectivity index (χ2n) is 4.85. The monoisotopic (exact) mass is 284 g/mol. The van der Waals surface area contributed by atoms with Crippen LogP contribution < -0.4 is 5.32 Å². The van der Waals surface area contributed by atoms with Gasteiger partial charge in [0, 0.05) is 19.5 Å². The molecule has 0 aromatic carbocycles. The number of hydrogen-bond donors (Lipinski definition) is 2. The van der Waals surface area contributed by atoms with Crippen LogP contribution in [0.4, 0.5) is 11.5 Å². The molecule has 0 aliphatic heterocycles. The quantitative estimate of drug-likeness (QED) is 0.558. The molecule has 0 spiro atoms. The Labute approximate surface area is 116 Å². The van der Waals surface area contributed by atoms with E-state index in [1.165, 1.54) is 0 Å². The van der Waals surface area contributed by atoms with Gasteiger partial charge in [0.05, 0.1) is 4.92 Å². The van der Waals surface area contributed by atoms with E-state index in [0.717, 1.165) is 6.42 Å². The summed E-state index contributed by atoms with van der Waals surface area (Å²) in [5, 5.41) is 26.9. The SMILES string of the molecule is CCCn1nc(C)c([N+](=O)[O-])c1NCC(C)CC(=O)O. The third-order valence-corrected chi connectivity index (χ3v) is 2.85. The number of carboxylic acid groups (broad SMARTS) is 1. The normalized spacial score (nSPS) is 12.2. The fourth-order valence-corrected chi connectivity index (χ4v) is 1.98. The van der Waals surface area contributed by atoms with Crippen molar-refractivity contribution in [3.05, 3.63) is 15.8 Å². The van der Waals surface area contributed by atoms with Crippen LogP contribution in [0.15, 0.2) is 0 Å². The van der Waals surface area contributed by atoms with E-state index in [-0.39, 0.29) is 18.0 Å². The summed E-state index contributed by atoms with van der Waals surface area (Å²) in [4.78, 5) is 21.3. The van der Waals surface area contributed by atoms with Gasteiger partial charge in [0.1, 0.15) is 5.69 Å². The molecule has 8 heteroatoms. The van der Waals surface area contributed by atoms with Crippen LogP contribution in [-0.4, -0.2) is 32.3 Å². The van der Waals surface area contributed by atoms with Crippen LogP contribution in [0.1, 0.15) is 32.4 Å². The van der Waals surface area contributed by atoms with Gasteiger partial charge < -0.3 is 10.4 Å². The molecule has 1 aromatic rings. The number of nitrogens with zero attached hydrogens (tertiary/aromatic N) is 3. The Morgan fingerprint density at radius 2 is 2.25 bits per heavy atom. The van der Waals surface area contributed by atoms with Crippen molar-refractivity contribution in [1.29, 1.82) is 0 Å². The van der Waals surface area contributed by atoms with Crippen molar-refractivity contribution in [3.8, 4) is 0 Å². The lowest BCUT2D eigenvalue weighted by Gasteiger charge is -2.12. The zero-order valence-corrected chi connectivity index (χ0v) is 11.9. The molecule has 1 aromatic heterocycles. The lowest BCUT2D eigenvalue weighted by atomic mass is 10.1. The summed E-state index contributed by atoms with van der Waals surface area (Å²) < 4.78 is 1.57. The average molecular weight is 284 g/mol. The minimum Gasteiger partial charge on any atom is -0.481 e. The highest BCUT2D eigenvalue weighted by Crippen LogP contribution is 2.28. The van der Waals surface area contributed by atoms with Crippen molar-refractivity contribution in [1.82, 2.24) is 9.78 Å². The van der Waals surface area contributed by atoms with Crippen molar-refractivity contribution in [2.24, 2.45) is 5.92 Å². The Hall–Kier alpha value is -2.12. The van der Waals surface area contributed by atoms with Gasteiger partial charge in [-0.2, -0.15) is 5.10 Å². The number of anilines is 1. The number of nitrogens with one attached hydrogen (secondary N) is 1. The van der Waals surface area contributed by atoms with Crippen molar-refractivity contribution in [2.75, 3.05) is 11.9 Å². The summed E-state index contributed by atoms with van der Waals surface area (Å²) in [6.45, 7) is 6.25. The van der Waals surface area contributed by atoms with Crippen LogP contribution in [-0.2, 0) is 11.3 Å². The summed E-state index contributed by atoms with van der Waals surface area (Å²) in [6.07, 6.45) is 0.819. The van der Waals surface area contributed by atoms with E-state index in [9.17, 15) is 14.9 Å². The molecule has 112 valence electrons. The van der Waals surface area contributed by atoms with Crippen molar-refractivity contribution in [2.45, 2.75) is 40.2 Å². The van der Waals surface area contributed by atoms with Crippen molar-refractivity contribution in [3.63, 3.8) is 0 Å². The summed E-state index contributed by atoms with van der Waals surface area (Å²) in [7, 11) is 0. The molecule has 0 amide bonds. The summed E-state index contributed by atoms with van der Waals surface area (Å²) in [5.41, 5.74) is 0.317. The summed E-state index contributed by atoms with van der Waals surface area (Å²) in [5.74, 6) is -0.656. The first-order valence-electron chi connectivity index (χ1n) is 6.54. The maximum Gasteiger partial charge on any atom is 0.333 e. The summed E-state index contributed by atoms with van der Waals surface area (Å²) in [6, 6.07) is 0. The molecular formula is C12H20N4O4. The molecule has 8 nitrogen and oxygen atoms in total. The maximum absolute atomic E-state index is 11.1. The van der Waals surface area contributed by atoms with Gasteiger partial charge in [0.25, 0.3) is 0 Å². The molecule has 0 bridgehead atoms. The molecule has 0 saturated heterocycles. The number of aromatic nitrogens is 2. The molecule has 0 radical (unpaired) electrons. The minimum atomic E-state index is -0.882. The van der Waals surface area contributed by atoms with Gasteiger partial charge in [0.15, 0.2) is 0 Å². The topological polar surface area (TPSA) is 110 Å². The lowest BCUT2D eigenvalue weighted by Crippen LogP contribution is -2.17. The number of aryl methyl sites for hydroxylation is 2. The second-order valence-corrected chi connectivity index (χ2v) is 4.85. The Bertz CT molecular complexity index is 498. The highest BCUT2D eigenvalue weighted by Gasteiger charge is 2.25. The smallest absolute Gasteiger partial charge is 0.333 e. The van der Waals surface area contributed by atoms with E-state index in [1.54, 1.807) is 18.5 Å². The highest BCUT2D eigenvalue weighted by atomic mass is 16.6. The number of carbonyl (C=O) groups is 1. The van der Waals surface area contributed by atoms with Crippen molar-refractivity contribution < 1.29 is 14.8 Å². The largest absolute Gasteiger partial charge is 0.481 e. The van der Waals surface area contributed by atoms with E-state index in [2.05, 4.69) is 10.4 Å². The van der Waals surface area contributed by atoms with E-state index < -0.39 is 10.9 Å². The molecular weight excluding hydrogens is 264 g/mol. The van der Waals surface area contributed by atoms with Gasteiger partial charge in [-0.15, -0.1) is 0 Å². The highest BCUT2D eigenvalue weighted by molar-refractivity contribution is 5.67. The Balaban J connectivity index is 2.90. The minimum absolute atomic E-state index is 0.0156. The number of carboxylic acids is 1. The standard InChI is InChI=1S/C12H20N4O4/c1-4-5-15-12(11(16(19)20)9(3)14-15)13-7-8(2)6-10(17)18/h8,13H,4-7H2,1-3H3,(H,17,18). The fraction of sp³-hybridized carbons (Fsp3) is 0.667. The van der Waals surface area contributed by atoms with E-state index in [4.69, 9.17) is 5.11 Å². The van der Waals surface area contributed by atoms with Gasteiger partial charge in [0.2, 0.25) is 5.82 Å². The van der Waals surface area contributed by atoms with E-state index in [0.29, 0.717) is 24.6 Å². The van der Waals surface area contributed by atoms with Gasteiger partial charge in [-0.25, -0.2) is 4.68 Å². The third-order valence-electron chi connectivity index (χ3n) is 2.85. The first kappa shape index (κ1) is 15.9. The van der Waals surface area contributed by atoms with Crippen LogP contribution in [0, 0.1) is 23.0 Å². The number of aliphatic carboxylic acids is 1. The maximum atomic E-state index is 11.1. The average Bonchev–Trinajstić information content (AvgIpc) is 2.62.